The number of benzene rings is 1. The van der Waals surface area contributed by atoms with Crippen LogP contribution in [0.3, 0.4) is 0 Å². The fraction of sp³-hybridized carbons (Fsp3) is 0.444. The summed E-state index contributed by atoms with van der Waals surface area (Å²) >= 11 is 7.36. The lowest BCUT2D eigenvalue weighted by Gasteiger charge is -2.30. The van der Waals surface area contributed by atoms with Crippen molar-refractivity contribution in [2.75, 3.05) is 7.05 Å². The maximum atomic E-state index is 12.8. The third-order valence-electron chi connectivity index (χ3n) is 4.98. The Labute approximate surface area is 162 Å². The highest BCUT2D eigenvalue weighted by atomic mass is 35.5. The van der Waals surface area contributed by atoms with Gasteiger partial charge in [-0.15, -0.1) is 24.0 Å². The van der Waals surface area contributed by atoms with E-state index >= 15 is 0 Å². The van der Waals surface area contributed by atoms with Crippen LogP contribution in [0.15, 0.2) is 24.4 Å². The minimum Gasteiger partial charge on any atom is -0.338 e. The fourth-order valence-electron chi connectivity index (χ4n) is 3.55. The predicted molar refractivity (Wildman–Crippen MR) is 106 cm³/mol. The zero-order valence-electron chi connectivity index (χ0n) is 14.1. The molecule has 1 aromatic carbocycles. The van der Waals surface area contributed by atoms with Crippen LogP contribution < -0.4 is 0 Å². The van der Waals surface area contributed by atoms with E-state index < -0.39 is 0 Å². The molecule has 0 saturated heterocycles. The summed E-state index contributed by atoms with van der Waals surface area (Å²) < 4.78 is 2.01. The lowest BCUT2D eigenvalue weighted by Crippen LogP contribution is -2.37. The summed E-state index contributed by atoms with van der Waals surface area (Å²) in [6.45, 7) is 0. The van der Waals surface area contributed by atoms with Crippen LogP contribution in [0.4, 0.5) is 0 Å². The molecule has 1 aliphatic rings. The van der Waals surface area contributed by atoms with Crippen molar-refractivity contribution in [2.24, 2.45) is 0 Å². The number of fused-ring (bicyclic) bond motifs is 3. The lowest BCUT2D eigenvalue weighted by molar-refractivity contribution is 0.0701. The summed E-state index contributed by atoms with van der Waals surface area (Å²) in [5, 5.41) is 0. The topological polar surface area (TPSA) is 37.6 Å². The van der Waals surface area contributed by atoms with E-state index in [0.29, 0.717) is 11.9 Å². The first kappa shape index (κ1) is 18.5. The molecule has 0 radical (unpaired) electrons. The zero-order chi connectivity index (χ0) is 16.7. The largest absolute Gasteiger partial charge is 0.338 e. The molecule has 0 atom stereocenters. The van der Waals surface area contributed by atoms with E-state index in [0.717, 1.165) is 39.3 Å². The van der Waals surface area contributed by atoms with Crippen LogP contribution in [0.5, 0.6) is 0 Å². The van der Waals surface area contributed by atoms with E-state index in [2.05, 4.69) is 4.98 Å². The molecule has 134 valence electrons. The second-order valence-corrected chi connectivity index (χ2v) is 7.80. The van der Waals surface area contributed by atoms with E-state index in [9.17, 15) is 4.79 Å². The Morgan fingerprint density at radius 3 is 2.84 bits per heavy atom. The molecule has 2 aromatic heterocycles. The van der Waals surface area contributed by atoms with Crippen LogP contribution in [0.25, 0.3) is 16.0 Å². The van der Waals surface area contributed by atoms with Gasteiger partial charge in [0, 0.05) is 25.2 Å². The molecule has 1 amide bonds. The highest BCUT2D eigenvalue weighted by molar-refractivity contribution is 7.18. The Balaban J connectivity index is 0.00000182. The van der Waals surface area contributed by atoms with Gasteiger partial charge >= 0.3 is 0 Å². The molecular formula is C18H21Cl2N3OS. The predicted octanol–water partition coefficient (Wildman–Crippen LogP) is 5.11. The van der Waals surface area contributed by atoms with Crippen LogP contribution in [0.1, 0.15) is 47.3 Å². The quantitative estimate of drug-likeness (QED) is 0.575. The third kappa shape index (κ3) is 3.37. The lowest BCUT2D eigenvalue weighted by atomic mass is 9.94. The maximum Gasteiger partial charge on any atom is 0.265 e. The molecular weight excluding hydrogens is 377 g/mol. The molecule has 7 heteroatoms. The maximum absolute atomic E-state index is 12.8. The average molecular weight is 398 g/mol. The molecule has 25 heavy (non-hydrogen) atoms. The molecule has 4 rings (SSSR count). The Morgan fingerprint density at radius 1 is 1.36 bits per heavy atom. The molecule has 0 aliphatic heterocycles. The summed E-state index contributed by atoms with van der Waals surface area (Å²) in [5.74, 6) is 0.597. The van der Waals surface area contributed by atoms with E-state index in [1.165, 1.54) is 30.6 Å². The number of aromatic nitrogens is 2. The number of rotatable bonds is 3. The van der Waals surface area contributed by atoms with Crippen molar-refractivity contribution < 1.29 is 4.79 Å². The summed E-state index contributed by atoms with van der Waals surface area (Å²) in [6, 6.07) is 6.43. The summed E-state index contributed by atoms with van der Waals surface area (Å²) in [6.07, 6.45) is 7.91. The SMILES string of the molecule is CN(C(=O)c1cn2c(nc3cc(CCl)ccc32)s1)C1CCCCC1.Cl. The van der Waals surface area contributed by atoms with Crippen LogP contribution in [-0.4, -0.2) is 33.3 Å². The molecule has 0 bridgehead atoms. The van der Waals surface area contributed by atoms with E-state index in [4.69, 9.17) is 11.6 Å². The first-order chi connectivity index (χ1) is 11.7. The number of carbonyl (C=O) groups is 1. The second kappa shape index (κ2) is 7.52. The Kier molecular flexibility index (Phi) is 5.56. The number of hydrogen-bond donors (Lipinski definition) is 0. The Bertz CT molecular complexity index is 898. The van der Waals surface area contributed by atoms with Gasteiger partial charge in [-0.3, -0.25) is 9.20 Å². The molecule has 0 spiro atoms. The normalized spacial score (nSPS) is 15.4. The number of carbonyl (C=O) groups excluding carboxylic acids is 1. The number of amides is 1. The van der Waals surface area contributed by atoms with Crippen molar-refractivity contribution in [2.45, 2.75) is 44.0 Å². The minimum atomic E-state index is 0. The van der Waals surface area contributed by atoms with Gasteiger partial charge < -0.3 is 4.90 Å². The van der Waals surface area contributed by atoms with Crippen molar-refractivity contribution in [3.8, 4) is 0 Å². The third-order valence-corrected chi connectivity index (χ3v) is 6.26. The number of nitrogens with zero attached hydrogens (tertiary/aromatic N) is 3. The van der Waals surface area contributed by atoms with Crippen molar-refractivity contribution in [3.63, 3.8) is 0 Å². The van der Waals surface area contributed by atoms with Crippen LogP contribution in [-0.2, 0) is 5.88 Å². The van der Waals surface area contributed by atoms with Crippen molar-refractivity contribution in [1.29, 1.82) is 0 Å². The fourth-order valence-corrected chi connectivity index (χ4v) is 4.70. The van der Waals surface area contributed by atoms with Crippen molar-refractivity contribution in [1.82, 2.24) is 14.3 Å². The number of hydrogen-bond acceptors (Lipinski definition) is 3. The smallest absolute Gasteiger partial charge is 0.265 e. The van der Waals surface area contributed by atoms with E-state index in [1.54, 1.807) is 0 Å². The first-order valence-corrected chi connectivity index (χ1v) is 9.76. The molecule has 3 aromatic rings. The minimum absolute atomic E-state index is 0. The standard InChI is InChI=1S/C18H20ClN3OS.ClH/c1-21(13-5-3-2-4-6-13)17(23)16-11-22-15-8-7-12(10-19)9-14(15)20-18(22)24-16;/h7-9,11,13H,2-6,10H2,1H3;1H. The van der Waals surface area contributed by atoms with Gasteiger partial charge in [0.25, 0.3) is 5.91 Å². The Hall–Kier alpha value is -1.30. The van der Waals surface area contributed by atoms with Crippen LogP contribution in [0, 0.1) is 0 Å². The molecule has 1 saturated carbocycles. The molecule has 0 unspecified atom stereocenters. The van der Waals surface area contributed by atoms with Gasteiger partial charge in [0.2, 0.25) is 0 Å². The summed E-state index contributed by atoms with van der Waals surface area (Å²) in [5.41, 5.74) is 3.01. The zero-order valence-corrected chi connectivity index (χ0v) is 16.5. The van der Waals surface area contributed by atoms with Crippen LogP contribution >= 0.6 is 35.3 Å². The van der Waals surface area contributed by atoms with Crippen LogP contribution in [0.2, 0.25) is 0 Å². The first-order valence-electron chi connectivity index (χ1n) is 8.41. The van der Waals surface area contributed by atoms with Gasteiger partial charge in [-0.25, -0.2) is 4.98 Å². The van der Waals surface area contributed by atoms with E-state index in [-0.39, 0.29) is 18.3 Å². The number of imidazole rings is 1. The van der Waals surface area contributed by atoms with Gasteiger partial charge in [0.15, 0.2) is 4.96 Å². The number of thiazole rings is 1. The molecule has 0 N–H and O–H groups in total. The molecule has 1 fully saturated rings. The van der Waals surface area contributed by atoms with Gasteiger partial charge in [-0.1, -0.05) is 36.7 Å². The highest BCUT2D eigenvalue weighted by Crippen LogP contribution is 2.28. The van der Waals surface area contributed by atoms with Gasteiger partial charge in [-0.2, -0.15) is 0 Å². The molecule has 2 heterocycles. The van der Waals surface area contributed by atoms with Gasteiger partial charge in [0.05, 0.1) is 11.0 Å². The van der Waals surface area contributed by atoms with Gasteiger partial charge in [0.1, 0.15) is 4.88 Å². The second-order valence-electron chi connectivity index (χ2n) is 6.52. The number of halogens is 2. The van der Waals surface area contributed by atoms with Crippen molar-refractivity contribution in [3.05, 3.63) is 34.8 Å². The number of alkyl halides is 1. The molecule has 1 aliphatic carbocycles. The average Bonchev–Trinajstić information content (AvgIpc) is 3.18. The van der Waals surface area contributed by atoms with Crippen molar-refractivity contribution >= 4 is 57.2 Å². The van der Waals surface area contributed by atoms with E-state index in [1.807, 2.05) is 40.7 Å². The monoisotopic (exact) mass is 397 g/mol. The summed E-state index contributed by atoms with van der Waals surface area (Å²) in [7, 11) is 1.94. The Morgan fingerprint density at radius 2 is 2.12 bits per heavy atom. The van der Waals surface area contributed by atoms with Gasteiger partial charge in [-0.05, 0) is 30.5 Å². The summed E-state index contributed by atoms with van der Waals surface area (Å²) in [4.78, 5) is 21.0. The highest BCUT2D eigenvalue weighted by Gasteiger charge is 2.25. The molecule has 4 nitrogen and oxygen atoms in total.